The zero-order chi connectivity index (χ0) is 13.2. The van der Waals surface area contributed by atoms with Gasteiger partial charge >= 0.3 is 5.97 Å². The van der Waals surface area contributed by atoms with Crippen molar-refractivity contribution in [2.24, 2.45) is 0 Å². The van der Waals surface area contributed by atoms with Crippen LogP contribution in [0.4, 0.5) is 0 Å². The summed E-state index contributed by atoms with van der Waals surface area (Å²) in [6, 6.07) is 1.62. The second-order valence-corrected chi connectivity index (χ2v) is 4.06. The Balaban J connectivity index is 3.37. The summed E-state index contributed by atoms with van der Waals surface area (Å²) in [5.41, 5.74) is 1.81. The largest absolute Gasteiger partial charge is 0.496 e. The van der Waals surface area contributed by atoms with E-state index in [1.165, 1.54) is 14.2 Å². The van der Waals surface area contributed by atoms with Gasteiger partial charge in [-0.15, -0.1) is 0 Å². The predicted octanol–water partition coefficient (Wildman–Crippen LogP) is 2.17. The minimum atomic E-state index is -1.37. The van der Waals surface area contributed by atoms with Crippen molar-refractivity contribution >= 4 is 17.6 Å². The third-order valence-corrected chi connectivity index (χ3v) is 3.15. The summed E-state index contributed by atoms with van der Waals surface area (Å²) >= 11 is 6.07. The molecule has 0 aliphatic carbocycles. The van der Waals surface area contributed by atoms with Crippen molar-refractivity contribution < 1.29 is 19.4 Å². The van der Waals surface area contributed by atoms with Crippen LogP contribution in [-0.2, 0) is 9.53 Å². The summed E-state index contributed by atoms with van der Waals surface area (Å²) in [7, 11) is 2.68. The van der Waals surface area contributed by atoms with Crippen molar-refractivity contribution in [2.75, 3.05) is 14.2 Å². The van der Waals surface area contributed by atoms with Crippen molar-refractivity contribution in [3.63, 3.8) is 0 Å². The SMILES string of the molecule is COC(=O)C(O)c1cc(C)c(Cl)c(C)c1OC. The van der Waals surface area contributed by atoms with Gasteiger partial charge in [0.15, 0.2) is 6.10 Å². The van der Waals surface area contributed by atoms with E-state index in [4.69, 9.17) is 16.3 Å². The zero-order valence-electron chi connectivity index (χ0n) is 10.2. The highest BCUT2D eigenvalue weighted by Gasteiger charge is 2.24. The van der Waals surface area contributed by atoms with Gasteiger partial charge in [0.05, 0.1) is 19.2 Å². The first-order valence-corrected chi connectivity index (χ1v) is 5.41. The number of carbonyl (C=O) groups is 1. The van der Waals surface area contributed by atoms with Gasteiger partial charge in [-0.25, -0.2) is 4.79 Å². The van der Waals surface area contributed by atoms with Crippen LogP contribution in [0.15, 0.2) is 6.07 Å². The van der Waals surface area contributed by atoms with Crippen LogP contribution in [0.1, 0.15) is 22.8 Å². The summed E-state index contributed by atoms with van der Waals surface area (Å²) in [6.07, 6.45) is -1.37. The lowest BCUT2D eigenvalue weighted by molar-refractivity contribution is -0.150. The van der Waals surface area contributed by atoms with E-state index in [0.29, 0.717) is 21.9 Å². The predicted molar refractivity (Wildman–Crippen MR) is 64.5 cm³/mol. The Kier molecular flexibility index (Phi) is 4.37. The lowest BCUT2D eigenvalue weighted by Gasteiger charge is -2.17. The van der Waals surface area contributed by atoms with E-state index in [-0.39, 0.29) is 0 Å². The lowest BCUT2D eigenvalue weighted by atomic mass is 10.0. The Morgan fingerprint density at radius 1 is 1.41 bits per heavy atom. The fourth-order valence-electron chi connectivity index (χ4n) is 1.69. The van der Waals surface area contributed by atoms with Gasteiger partial charge in [-0.3, -0.25) is 0 Å². The summed E-state index contributed by atoms with van der Waals surface area (Å²) in [4.78, 5) is 11.3. The molecule has 1 aromatic rings. The van der Waals surface area contributed by atoms with Gasteiger partial charge in [-0.2, -0.15) is 0 Å². The molecule has 1 aromatic carbocycles. The van der Waals surface area contributed by atoms with Crippen LogP contribution in [-0.4, -0.2) is 25.3 Å². The van der Waals surface area contributed by atoms with Gasteiger partial charge in [0, 0.05) is 11.1 Å². The van der Waals surface area contributed by atoms with E-state index >= 15 is 0 Å². The molecule has 0 fully saturated rings. The molecule has 0 saturated carbocycles. The molecule has 0 aliphatic heterocycles. The van der Waals surface area contributed by atoms with E-state index in [0.717, 1.165) is 5.56 Å². The number of carbonyl (C=O) groups excluding carboxylic acids is 1. The molecule has 0 amide bonds. The van der Waals surface area contributed by atoms with Crippen molar-refractivity contribution in [1.29, 1.82) is 0 Å². The third-order valence-electron chi connectivity index (χ3n) is 2.57. The summed E-state index contributed by atoms with van der Waals surface area (Å²) in [5, 5.41) is 10.4. The van der Waals surface area contributed by atoms with Crippen LogP contribution >= 0.6 is 11.6 Å². The number of esters is 1. The molecule has 1 rings (SSSR count). The highest BCUT2D eigenvalue weighted by atomic mass is 35.5. The topological polar surface area (TPSA) is 55.8 Å². The monoisotopic (exact) mass is 258 g/mol. The van der Waals surface area contributed by atoms with Gasteiger partial charge in [0.2, 0.25) is 0 Å². The second kappa shape index (κ2) is 5.38. The molecule has 1 unspecified atom stereocenters. The van der Waals surface area contributed by atoms with Gasteiger partial charge in [-0.1, -0.05) is 11.6 Å². The number of aryl methyl sites for hydroxylation is 1. The molecule has 1 atom stereocenters. The minimum absolute atomic E-state index is 0.360. The Hall–Kier alpha value is -1.26. The Labute approximate surface area is 105 Å². The zero-order valence-corrected chi connectivity index (χ0v) is 11.0. The summed E-state index contributed by atoms with van der Waals surface area (Å²) < 4.78 is 9.67. The van der Waals surface area contributed by atoms with Crippen molar-refractivity contribution in [1.82, 2.24) is 0 Å². The van der Waals surface area contributed by atoms with E-state index in [9.17, 15) is 9.90 Å². The number of rotatable bonds is 3. The molecule has 0 aromatic heterocycles. The molecular formula is C12H15ClO4. The highest BCUT2D eigenvalue weighted by Crippen LogP contribution is 2.36. The number of methoxy groups -OCH3 is 2. The first kappa shape index (κ1) is 13.8. The van der Waals surface area contributed by atoms with E-state index in [2.05, 4.69) is 4.74 Å². The smallest absolute Gasteiger partial charge is 0.339 e. The van der Waals surface area contributed by atoms with Crippen LogP contribution in [0.5, 0.6) is 5.75 Å². The number of benzene rings is 1. The van der Waals surface area contributed by atoms with Crippen LogP contribution in [0.2, 0.25) is 5.02 Å². The normalized spacial score (nSPS) is 12.1. The van der Waals surface area contributed by atoms with Crippen molar-refractivity contribution in [2.45, 2.75) is 20.0 Å². The Bertz CT molecular complexity index is 443. The standard InChI is InChI=1S/C12H15ClO4/c1-6-5-8(10(14)12(15)17-4)11(16-3)7(2)9(6)13/h5,10,14H,1-4H3. The average Bonchev–Trinajstić information content (AvgIpc) is 2.33. The molecule has 5 heteroatoms. The van der Waals surface area contributed by atoms with Crippen LogP contribution in [0.25, 0.3) is 0 Å². The van der Waals surface area contributed by atoms with E-state index in [1.54, 1.807) is 19.9 Å². The fraction of sp³-hybridized carbons (Fsp3) is 0.417. The molecule has 4 nitrogen and oxygen atoms in total. The van der Waals surface area contributed by atoms with E-state index in [1.807, 2.05) is 0 Å². The van der Waals surface area contributed by atoms with Gasteiger partial charge in [0.25, 0.3) is 0 Å². The maximum atomic E-state index is 11.3. The molecule has 0 bridgehead atoms. The molecule has 0 heterocycles. The van der Waals surface area contributed by atoms with Crippen LogP contribution in [0.3, 0.4) is 0 Å². The third kappa shape index (κ3) is 2.53. The highest BCUT2D eigenvalue weighted by molar-refractivity contribution is 6.32. The molecule has 0 spiro atoms. The first-order chi connectivity index (χ1) is 7.93. The number of halogens is 1. The van der Waals surface area contributed by atoms with Crippen LogP contribution in [0, 0.1) is 13.8 Å². The number of hydrogen-bond acceptors (Lipinski definition) is 4. The second-order valence-electron chi connectivity index (χ2n) is 3.68. The molecular weight excluding hydrogens is 244 g/mol. The Morgan fingerprint density at radius 3 is 2.47 bits per heavy atom. The van der Waals surface area contributed by atoms with Gasteiger partial charge in [0.1, 0.15) is 5.75 Å². The quantitative estimate of drug-likeness (QED) is 0.845. The average molecular weight is 259 g/mol. The number of aliphatic hydroxyl groups excluding tert-OH is 1. The lowest BCUT2D eigenvalue weighted by Crippen LogP contribution is -2.15. The molecule has 94 valence electrons. The first-order valence-electron chi connectivity index (χ1n) is 5.03. The molecule has 1 N–H and O–H groups in total. The van der Waals surface area contributed by atoms with Crippen molar-refractivity contribution in [3.8, 4) is 5.75 Å². The van der Waals surface area contributed by atoms with E-state index < -0.39 is 12.1 Å². The maximum Gasteiger partial charge on any atom is 0.339 e. The number of ether oxygens (including phenoxy) is 2. The minimum Gasteiger partial charge on any atom is -0.496 e. The number of hydrogen-bond donors (Lipinski definition) is 1. The summed E-state index contributed by atoms with van der Waals surface area (Å²) in [6.45, 7) is 3.56. The molecule has 0 aliphatic rings. The Morgan fingerprint density at radius 2 is 2.00 bits per heavy atom. The number of aliphatic hydroxyl groups is 1. The van der Waals surface area contributed by atoms with Crippen LogP contribution < -0.4 is 4.74 Å². The summed E-state index contributed by atoms with van der Waals surface area (Å²) in [5.74, 6) is -0.331. The van der Waals surface area contributed by atoms with Gasteiger partial charge in [-0.05, 0) is 25.5 Å². The molecule has 0 radical (unpaired) electrons. The van der Waals surface area contributed by atoms with Gasteiger partial charge < -0.3 is 14.6 Å². The molecule has 0 saturated heterocycles. The molecule has 17 heavy (non-hydrogen) atoms. The van der Waals surface area contributed by atoms with Crippen molar-refractivity contribution in [3.05, 3.63) is 27.8 Å². The maximum absolute atomic E-state index is 11.3. The fourth-order valence-corrected chi connectivity index (χ4v) is 1.83.